The van der Waals surface area contributed by atoms with Crippen molar-refractivity contribution in [1.82, 2.24) is 14.9 Å². The Bertz CT molecular complexity index is 1030. The lowest BCUT2D eigenvalue weighted by Gasteiger charge is -2.13. The fourth-order valence-corrected chi connectivity index (χ4v) is 4.48. The molecule has 3 aromatic rings. The summed E-state index contributed by atoms with van der Waals surface area (Å²) in [6, 6.07) is 15.7. The van der Waals surface area contributed by atoms with Gasteiger partial charge in [-0.2, -0.15) is 0 Å². The Morgan fingerprint density at radius 3 is 2.37 bits per heavy atom. The molecule has 7 nitrogen and oxygen atoms in total. The fourth-order valence-electron chi connectivity index (χ4n) is 2.33. The summed E-state index contributed by atoms with van der Waals surface area (Å²) >= 11 is 0.798. The number of amides is 1. The molecule has 0 bridgehead atoms. The van der Waals surface area contributed by atoms with Gasteiger partial charge in [-0.05, 0) is 31.5 Å². The maximum atomic E-state index is 12.5. The van der Waals surface area contributed by atoms with E-state index < -0.39 is 16.1 Å². The maximum Gasteiger partial charge on any atom is 0.270 e. The summed E-state index contributed by atoms with van der Waals surface area (Å²) in [7, 11) is -3.85. The third-order valence-corrected chi connectivity index (χ3v) is 6.55. The molecule has 2 N–H and O–H groups in total. The Balaban J connectivity index is 1.70. The van der Waals surface area contributed by atoms with E-state index in [-0.39, 0.29) is 15.4 Å². The molecule has 1 amide bonds. The summed E-state index contributed by atoms with van der Waals surface area (Å²) in [5, 5.41) is 10.1. The minimum Gasteiger partial charge on any atom is -0.296 e. The summed E-state index contributed by atoms with van der Waals surface area (Å²) in [5.41, 5.74) is 2.38. The van der Waals surface area contributed by atoms with Crippen molar-refractivity contribution < 1.29 is 13.2 Å². The van der Waals surface area contributed by atoms with E-state index in [4.69, 9.17) is 0 Å². The lowest BCUT2D eigenvalue weighted by Crippen LogP contribution is -2.26. The first-order chi connectivity index (χ1) is 12.8. The highest BCUT2D eigenvalue weighted by Crippen LogP contribution is 2.23. The number of rotatable bonds is 6. The van der Waals surface area contributed by atoms with Crippen molar-refractivity contribution in [3.05, 3.63) is 71.3 Å². The van der Waals surface area contributed by atoms with Gasteiger partial charge in [0.15, 0.2) is 0 Å². The molecule has 1 atom stereocenters. The maximum absolute atomic E-state index is 12.5. The molecule has 0 aliphatic carbocycles. The molecule has 0 fully saturated rings. The van der Waals surface area contributed by atoms with Gasteiger partial charge in [-0.25, -0.2) is 13.1 Å². The van der Waals surface area contributed by atoms with Gasteiger partial charge in [-0.3, -0.25) is 10.1 Å². The Morgan fingerprint density at radius 2 is 1.70 bits per heavy atom. The standard InChI is InChI=1S/C18H18N4O3S2/c1-12-8-10-14(11-9-12)13(2)22-27(24,25)18-21-20-17(26-18)19-16(23)15-6-4-3-5-7-15/h3-11,13,22H,1-2H3,(H,19,20,23)/t13-/m1/s1. The highest BCUT2D eigenvalue weighted by Gasteiger charge is 2.23. The van der Waals surface area contributed by atoms with Crippen LogP contribution >= 0.6 is 11.3 Å². The van der Waals surface area contributed by atoms with E-state index in [2.05, 4.69) is 20.2 Å². The van der Waals surface area contributed by atoms with Crippen LogP contribution in [0.4, 0.5) is 5.13 Å². The van der Waals surface area contributed by atoms with Crippen molar-refractivity contribution in [1.29, 1.82) is 0 Å². The molecule has 2 aromatic carbocycles. The van der Waals surface area contributed by atoms with E-state index in [1.54, 1.807) is 37.3 Å². The van der Waals surface area contributed by atoms with Crippen LogP contribution in [0, 0.1) is 6.92 Å². The number of nitrogens with zero attached hydrogens (tertiary/aromatic N) is 2. The van der Waals surface area contributed by atoms with Crippen molar-refractivity contribution >= 4 is 32.4 Å². The Morgan fingerprint density at radius 1 is 1.04 bits per heavy atom. The number of hydrogen-bond donors (Lipinski definition) is 2. The lowest BCUT2D eigenvalue weighted by atomic mass is 10.1. The molecule has 0 aliphatic heterocycles. The quantitative estimate of drug-likeness (QED) is 0.617. The molecule has 0 radical (unpaired) electrons. The molecule has 140 valence electrons. The third-order valence-electron chi connectivity index (χ3n) is 3.80. The Labute approximate surface area is 161 Å². The molecular weight excluding hydrogens is 384 g/mol. The van der Waals surface area contributed by atoms with Crippen LogP contribution in [0.25, 0.3) is 0 Å². The summed E-state index contributed by atoms with van der Waals surface area (Å²) in [6.07, 6.45) is 0. The Kier molecular flexibility index (Phi) is 5.64. The molecule has 0 spiro atoms. The van der Waals surface area contributed by atoms with E-state index in [0.717, 1.165) is 22.5 Å². The smallest absolute Gasteiger partial charge is 0.270 e. The molecule has 0 aliphatic rings. The predicted octanol–water partition coefficient (Wildman–Crippen LogP) is 3.14. The molecule has 9 heteroatoms. The van der Waals surface area contributed by atoms with E-state index in [1.165, 1.54) is 0 Å². The number of carbonyl (C=O) groups is 1. The van der Waals surface area contributed by atoms with E-state index >= 15 is 0 Å². The number of hydrogen-bond acceptors (Lipinski definition) is 6. The molecule has 1 aromatic heterocycles. The highest BCUT2D eigenvalue weighted by molar-refractivity contribution is 7.91. The van der Waals surface area contributed by atoms with Crippen molar-refractivity contribution in [3.8, 4) is 0 Å². The summed E-state index contributed by atoms with van der Waals surface area (Å²) in [6.45, 7) is 3.71. The van der Waals surface area contributed by atoms with Gasteiger partial charge in [0, 0.05) is 11.6 Å². The molecule has 27 heavy (non-hydrogen) atoms. The number of nitrogens with one attached hydrogen (secondary N) is 2. The number of benzene rings is 2. The first-order valence-electron chi connectivity index (χ1n) is 8.14. The normalized spacial score (nSPS) is 12.5. The van der Waals surface area contributed by atoms with Gasteiger partial charge in [0.05, 0.1) is 0 Å². The zero-order valence-electron chi connectivity index (χ0n) is 14.7. The number of aryl methyl sites for hydroxylation is 1. The number of aromatic nitrogens is 2. The van der Waals surface area contributed by atoms with Gasteiger partial charge in [0.1, 0.15) is 0 Å². The first-order valence-corrected chi connectivity index (χ1v) is 10.4. The molecule has 1 heterocycles. The van der Waals surface area contributed by atoms with E-state index in [1.807, 2.05) is 31.2 Å². The van der Waals surface area contributed by atoms with Crippen LogP contribution in [0.3, 0.4) is 0 Å². The largest absolute Gasteiger partial charge is 0.296 e. The van der Waals surface area contributed by atoms with E-state index in [9.17, 15) is 13.2 Å². The first kappa shape index (κ1) is 19.2. The van der Waals surface area contributed by atoms with Crippen LogP contribution in [0.1, 0.15) is 34.5 Å². The highest BCUT2D eigenvalue weighted by atomic mass is 32.2. The zero-order chi connectivity index (χ0) is 19.4. The summed E-state index contributed by atoms with van der Waals surface area (Å²) < 4.78 is 27.4. The predicted molar refractivity (Wildman–Crippen MR) is 104 cm³/mol. The lowest BCUT2D eigenvalue weighted by molar-refractivity contribution is 0.102. The molecule has 3 rings (SSSR count). The van der Waals surface area contributed by atoms with Crippen LogP contribution < -0.4 is 10.0 Å². The molecular formula is C18H18N4O3S2. The van der Waals surface area contributed by atoms with Crippen molar-refractivity contribution in [3.63, 3.8) is 0 Å². The molecule has 0 saturated heterocycles. The van der Waals surface area contributed by atoms with Gasteiger partial charge >= 0.3 is 0 Å². The fraction of sp³-hybridized carbons (Fsp3) is 0.167. The van der Waals surface area contributed by atoms with Gasteiger partial charge in [-0.1, -0.05) is 59.4 Å². The second kappa shape index (κ2) is 7.95. The Hall–Kier alpha value is -2.62. The molecule has 0 saturated carbocycles. The average Bonchev–Trinajstić information content (AvgIpc) is 3.12. The molecule has 0 unspecified atom stereocenters. The number of sulfonamides is 1. The van der Waals surface area contributed by atoms with Gasteiger partial charge in [0.2, 0.25) is 9.47 Å². The second-order valence-corrected chi connectivity index (χ2v) is 8.81. The topological polar surface area (TPSA) is 101 Å². The van der Waals surface area contributed by atoms with Gasteiger partial charge < -0.3 is 0 Å². The summed E-state index contributed by atoms with van der Waals surface area (Å²) in [4.78, 5) is 12.1. The number of anilines is 1. The van der Waals surface area contributed by atoms with Crippen LogP contribution in [0.2, 0.25) is 0 Å². The van der Waals surface area contributed by atoms with Crippen LogP contribution in [0.5, 0.6) is 0 Å². The zero-order valence-corrected chi connectivity index (χ0v) is 16.3. The third kappa shape index (κ3) is 4.76. The van der Waals surface area contributed by atoms with Crippen LogP contribution in [-0.2, 0) is 10.0 Å². The van der Waals surface area contributed by atoms with Crippen molar-refractivity contribution in [2.24, 2.45) is 0 Å². The average molecular weight is 403 g/mol. The SMILES string of the molecule is Cc1ccc([C@@H](C)NS(=O)(=O)c2nnc(NC(=O)c3ccccc3)s2)cc1. The summed E-state index contributed by atoms with van der Waals surface area (Å²) in [5.74, 6) is -0.378. The van der Waals surface area contributed by atoms with E-state index in [0.29, 0.717) is 5.56 Å². The monoisotopic (exact) mass is 402 g/mol. The van der Waals surface area contributed by atoms with Crippen molar-refractivity contribution in [2.75, 3.05) is 5.32 Å². The van der Waals surface area contributed by atoms with Crippen LogP contribution in [0.15, 0.2) is 58.9 Å². The number of carbonyl (C=O) groups excluding carboxylic acids is 1. The van der Waals surface area contributed by atoms with Gasteiger partial charge in [0.25, 0.3) is 15.9 Å². The van der Waals surface area contributed by atoms with Crippen LogP contribution in [-0.4, -0.2) is 24.5 Å². The minimum atomic E-state index is -3.85. The minimum absolute atomic E-state index is 0.118. The second-order valence-electron chi connectivity index (χ2n) is 5.95. The van der Waals surface area contributed by atoms with Gasteiger partial charge in [-0.15, -0.1) is 10.2 Å². The van der Waals surface area contributed by atoms with Crippen molar-refractivity contribution in [2.45, 2.75) is 24.2 Å².